The minimum atomic E-state index is 0.593. The second kappa shape index (κ2) is 4.37. The number of pyridine rings is 1. The molecule has 3 fully saturated rings. The highest BCUT2D eigenvalue weighted by Crippen LogP contribution is 2.46. The molecule has 4 heteroatoms. The van der Waals surface area contributed by atoms with E-state index in [1.165, 1.54) is 18.4 Å². The molecule has 3 aliphatic rings. The minimum absolute atomic E-state index is 0.593. The summed E-state index contributed by atoms with van der Waals surface area (Å²) >= 11 is 0. The zero-order chi connectivity index (χ0) is 12.8. The molecule has 2 saturated heterocycles. The first-order chi connectivity index (χ1) is 9.31. The molecule has 19 heavy (non-hydrogen) atoms. The first kappa shape index (κ1) is 11.5. The van der Waals surface area contributed by atoms with Gasteiger partial charge in [-0.2, -0.15) is 0 Å². The molecular weight excluding hydrogens is 238 g/mol. The van der Waals surface area contributed by atoms with E-state index in [0.717, 1.165) is 50.4 Å². The normalized spacial score (nSPS) is 30.4. The Kier molecular flexibility index (Phi) is 2.65. The summed E-state index contributed by atoms with van der Waals surface area (Å²) in [7, 11) is 0. The Morgan fingerprint density at radius 2 is 2.05 bits per heavy atom. The van der Waals surface area contributed by atoms with Crippen LogP contribution in [0.5, 0.6) is 0 Å². The van der Waals surface area contributed by atoms with Gasteiger partial charge in [0.15, 0.2) is 0 Å². The number of hydrogen-bond acceptors (Lipinski definition) is 4. The summed E-state index contributed by atoms with van der Waals surface area (Å²) in [4.78, 5) is 7.02. The second-order valence-electron chi connectivity index (χ2n) is 6.12. The SMILES string of the molecule is Nc1cc(C2CCOCC2)cc(N2CCC3CC32)n1. The van der Waals surface area contributed by atoms with E-state index in [2.05, 4.69) is 22.0 Å². The Bertz CT molecular complexity index is 484. The number of anilines is 2. The third-order valence-electron chi connectivity index (χ3n) is 4.87. The fourth-order valence-electron chi connectivity index (χ4n) is 3.65. The molecule has 1 saturated carbocycles. The van der Waals surface area contributed by atoms with E-state index in [1.54, 1.807) is 0 Å². The summed E-state index contributed by atoms with van der Waals surface area (Å²) in [5.41, 5.74) is 7.38. The van der Waals surface area contributed by atoms with Crippen LogP contribution < -0.4 is 10.6 Å². The summed E-state index contributed by atoms with van der Waals surface area (Å²) in [5, 5.41) is 0. The molecule has 0 radical (unpaired) electrons. The standard InChI is InChI=1S/C15H21N3O/c16-14-8-12(10-2-5-19-6-3-10)9-15(17-14)18-4-1-11-7-13(11)18/h8-11,13H,1-7H2,(H2,16,17). The number of rotatable bonds is 2. The Labute approximate surface area is 113 Å². The molecule has 2 atom stereocenters. The number of fused-ring (bicyclic) bond motifs is 1. The molecule has 1 aromatic rings. The first-order valence-corrected chi connectivity index (χ1v) is 7.43. The predicted molar refractivity (Wildman–Crippen MR) is 75.3 cm³/mol. The van der Waals surface area contributed by atoms with Crippen molar-refractivity contribution in [1.82, 2.24) is 4.98 Å². The highest BCUT2D eigenvalue weighted by molar-refractivity contribution is 5.52. The molecule has 0 aromatic carbocycles. The number of aromatic nitrogens is 1. The maximum absolute atomic E-state index is 6.02. The highest BCUT2D eigenvalue weighted by atomic mass is 16.5. The molecule has 4 nitrogen and oxygen atoms in total. The van der Waals surface area contributed by atoms with Crippen molar-refractivity contribution in [2.24, 2.45) is 5.92 Å². The molecule has 0 bridgehead atoms. The monoisotopic (exact) mass is 259 g/mol. The van der Waals surface area contributed by atoms with Crippen molar-refractivity contribution in [2.75, 3.05) is 30.4 Å². The minimum Gasteiger partial charge on any atom is -0.384 e. The number of piperidine rings is 1. The van der Waals surface area contributed by atoms with Gasteiger partial charge in [0.05, 0.1) is 0 Å². The van der Waals surface area contributed by atoms with Crippen LogP contribution in [0.4, 0.5) is 11.6 Å². The van der Waals surface area contributed by atoms with Crippen LogP contribution in [-0.4, -0.2) is 30.8 Å². The van der Waals surface area contributed by atoms with Crippen LogP contribution in [-0.2, 0) is 4.74 Å². The average Bonchev–Trinajstić information content (AvgIpc) is 3.10. The van der Waals surface area contributed by atoms with E-state index in [9.17, 15) is 0 Å². The summed E-state index contributed by atoms with van der Waals surface area (Å²) in [5.74, 6) is 3.29. The van der Waals surface area contributed by atoms with E-state index in [4.69, 9.17) is 10.5 Å². The van der Waals surface area contributed by atoms with Gasteiger partial charge >= 0.3 is 0 Å². The van der Waals surface area contributed by atoms with Crippen molar-refractivity contribution in [3.8, 4) is 0 Å². The molecule has 3 heterocycles. The van der Waals surface area contributed by atoms with Crippen molar-refractivity contribution in [1.29, 1.82) is 0 Å². The first-order valence-electron chi connectivity index (χ1n) is 7.43. The quantitative estimate of drug-likeness (QED) is 0.884. The molecule has 1 aliphatic carbocycles. The smallest absolute Gasteiger partial charge is 0.131 e. The van der Waals surface area contributed by atoms with Gasteiger partial charge in [0.2, 0.25) is 0 Å². The van der Waals surface area contributed by atoms with Crippen molar-refractivity contribution >= 4 is 11.6 Å². The third kappa shape index (κ3) is 2.08. The van der Waals surface area contributed by atoms with Gasteiger partial charge in [-0.15, -0.1) is 0 Å². The molecular formula is C15H21N3O. The Morgan fingerprint density at radius 3 is 2.74 bits per heavy atom. The average molecular weight is 259 g/mol. The zero-order valence-electron chi connectivity index (χ0n) is 11.2. The lowest BCUT2D eigenvalue weighted by atomic mass is 9.92. The summed E-state index contributed by atoms with van der Waals surface area (Å²) in [6.07, 6.45) is 4.89. The van der Waals surface area contributed by atoms with E-state index in [1.807, 2.05) is 0 Å². The lowest BCUT2D eigenvalue weighted by molar-refractivity contribution is 0.0853. The number of hydrogen-bond donors (Lipinski definition) is 1. The lowest BCUT2D eigenvalue weighted by Crippen LogP contribution is -2.24. The van der Waals surface area contributed by atoms with E-state index < -0.39 is 0 Å². The van der Waals surface area contributed by atoms with Crippen LogP contribution in [0, 0.1) is 5.92 Å². The third-order valence-corrected chi connectivity index (χ3v) is 4.87. The largest absolute Gasteiger partial charge is 0.384 e. The number of nitrogen functional groups attached to an aromatic ring is 1. The summed E-state index contributed by atoms with van der Waals surface area (Å²) in [6.45, 7) is 2.90. The van der Waals surface area contributed by atoms with Crippen molar-refractivity contribution < 1.29 is 4.74 Å². The van der Waals surface area contributed by atoms with Crippen LogP contribution >= 0.6 is 0 Å². The summed E-state index contributed by atoms with van der Waals surface area (Å²) < 4.78 is 5.45. The van der Waals surface area contributed by atoms with Gasteiger partial charge in [0.1, 0.15) is 11.6 Å². The highest BCUT2D eigenvalue weighted by Gasteiger charge is 2.47. The molecule has 2 N–H and O–H groups in total. The Morgan fingerprint density at radius 1 is 1.21 bits per heavy atom. The van der Waals surface area contributed by atoms with Gasteiger partial charge in [-0.1, -0.05) is 0 Å². The second-order valence-corrected chi connectivity index (χ2v) is 6.12. The number of nitrogens with zero attached hydrogens (tertiary/aromatic N) is 2. The van der Waals surface area contributed by atoms with Gasteiger partial charge in [0.25, 0.3) is 0 Å². The lowest BCUT2D eigenvalue weighted by Gasteiger charge is -2.25. The molecule has 102 valence electrons. The fourth-order valence-corrected chi connectivity index (χ4v) is 3.65. The predicted octanol–water partition coefficient (Wildman–Crippen LogP) is 2.16. The maximum Gasteiger partial charge on any atom is 0.131 e. The van der Waals surface area contributed by atoms with Gasteiger partial charge < -0.3 is 15.4 Å². The van der Waals surface area contributed by atoms with Gasteiger partial charge in [0, 0.05) is 25.8 Å². The van der Waals surface area contributed by atoms with E-state index in [-0.39, 0.29) is 0 Å². The van der Waals surface area contributed by atoms with Gasteiger partial charge in [-0.25, -0.2) is 4.98 Å². The molecule has 0 spiro atoms. The zero-order valence-corrected chi connectivity index (χ0v) is 11.2. The Hall–Kier alpha value is -1.29. The Balaban J connectivity index is 1.62. The molecule has 0 amide bonds. The van der Waals surface area contributed by atoms with E-state index >= 15 is 0 Å². The summed E-state index contributed by atoms with van der Waals surface area (Å²) in [6, 6.07) is 5.07. The fraction of sp³-hybridized carbons (Fsp3) is 0.667. The van der Waals surface area contributed by atoms with Crippen molar-refractivity contribution in [2.45, 2.75) is 37.6 Å². The molecule has 4 rings (SSSR count). The molecule has 1 aromatic heterocycles. The van der Waals surface area contributed by atoms with Crippen LogP contribution in [0.2, 0.25) is 0 Å². The number of nitrogens with two attached hydrogens (primary N) is 1. The maximum atomic E-state index is 6.02. The van der Waals surface area contributed by atoms with Crippen LogP contribution in [0.3, 0.4) is 0 Å². The van der Waals surface area contributed by atoms with E-state index in [0.29, 0.717) is 11.7 Å². The molecule has 2 unspecified atom stereocenters. The topological polar surface area (TPSA) is 51.4 Å². The molecule has 2 aliphatic heterocycles. The van der Waals surface area contributed by atoms with Gasteiger partial charge in [-0.05, 0) is 55.2 Å². The van der Waals surface area contributed by atoms with Crippen molar-refractivity contribution in [3.05, 3.63) is 17.7 Å². The van der Waals surface area contributed by atoms with Crippen LogP contribution in [0.25, 0.3) is 0 Å². The van der Waals surface area contributed by atoms with Crippen molar-refractivity contribution in [3.63, 3.8) is 0 Å². The number of ether oxygens (including phenoxy) is 1. The van der Waals surface area contributed by atoms with Crippen LogP contribution in [0.15, 0.2) is 12.1 Å². The van der Waals surface area contributed by atoms with Crippen LogP contribution in [0.1, 0.15) is 37.2 Å². The van der Waals surface area contributed by atoms with Gasteiger partial charge in [-0.3, -0.25) is 0 Å².